The largest absolute Gasteiger partial charge is 0.471 e. The van der Waals surface area contributed by atoms with Gasteiger partial charge >= 0.3 is 7.82 Å². The molecule has 1 atom stereocenters. The van der Waals surface area contributed by atoms with Gasteiger partial charge in [0.05, 0.1) is 5.33 Å². The zero-order chi connectivity index (χ0) is 9.99. The lowest BCUT2D eigenvalue weighted by atomic mass is 10.2. The molecule has 0 saturated heterocycles. The molecule has 72 valence electrons. The summed E-state index contributed by atoms with van der Waals surface area (Å²) in [6, 6.07) is 0. The molecule has 0 heterocycles. The normalized spacial score (nSPS) is 17.1. The van der Waals surface area contributed by atoms with Gasteiger partial charge < -0.3 is 9.79 Å². The van der Waals surface area contributed by atoms with Crippen molar-refractivity contribution in [3.05, 3.63) is 0 Å². The van der Waals surface area contributed by atoms with E-state index in [9.17, 15) is 9.36 Å². The van der Waals surface area contributed by atoms with Gasteiger partial charge in [0.2, 0.25) is 0 Å². The molecule has 1 unspecified atom stereocenters. The number of ketones is 1. The topological polar surface area (TPSA) is 110 Å². The van der Waals surface area contributed by atoms with Crippen LogP contribution in [0, 0.1) is 0 Å². The molecule has 6 nitrogen and oxygen atoms in total. The van der Waals surface area contributed by atoms with Gasteiger partial charge in [-0.2, -0.15) is 0 Å². The number of carbonyl (C=O) groups excluding carboxylic acids is 1. The van der Waals surface area contributed by atoms with Crippen molar-refractivity contribution in [3.8, 4) is 0 Å². The number of Topliss-reactive ketones (excluding diaryl/α,β-unsaturated/α-hetero) is 1. The van der Waals surface area contributed by atoms with Gasteiger partial charge in [-0.1, -0.05) is 15.9 Å². The van der Waals surface area contributed by atoms with E-state index >= 15 is 0 Å². The Hall–Kier alpha value is 0.220. The van der Waals surface area contributed by atoms with E-state index in [1.165, 1.54) is 0 Å². The summed E-state index contributed by atoms with van der Waals surface area (Å²) in [5, 5.41) is -0.125. The fourth-order valence-corrected chi connectivity index (χ4v) is 1.58. The van der Waals surface area contributed by atoms with Gasteiger partial charge in [0, 0.05) is 0 Å². The second kappa shape index (κ2) is 3.95. The van der Waals surface area contributed by atoms with Crippen molar-refractivity contribution >= 4 is 29.5 Å². The van der Waals surface area contributed by atoms with Crippen molar-refractivity contribution in [3.63, 3.8) is 0 Å². The summed E-state index contributed by atoms with van der Waals surface area (Å²) in [4.78, 5) is 27.5. The van der Waals surface area contributed by atoms with Crippen LogP contribution in [0.1, 0.15) is 6.92 Å². The number of halogens is 1. The van der Waals surface area contributed by atoms with Gasteiger partial charge in [-0.05, 0) is 6.92 Å². The minimum Gasteiger partial charge on any atom is -0.303 e. The van der Waals surface area contributed by atoms with E-state index in [1.54, 1.807) is 0 Å². The molecule has 0 aromatic heterocycles. The molecular formula is C4H9BrNO5P. The molecule has 0 amide bonds. The maximum absolute atomic E-state index is 10.9. The molecule has 4 N–H and O–H groups in total. The lowest BCUT2D eigenvalue weighted by Crippen LogP contribution is -2.47. The lowest BCUT2D eigenvalue weighted by Gasteiger charge is -2.22. The maximum Gasteiger partial charge on any atom is 0.471 e. The summed E-state index contributed by atoms with van der Waals surface area (Å²) in [6.45, 7) is 1.08. The van der Waals surface area contributed by atoms with E-state index in [0.717, 1.165) is 6.92 Å². The average molecular weight is 262 g/mol. The number of hydrogen-bond acceptors (Lipinski definition) is 4. The summed E-state index contributed by atoms with van der Waals surface area (Å²) in [7, 11) is -4.72. The molecule has 12 heavy (non-hydrogen) atoms. The third-order valence-corrected chi connectivity index (χ3v) is 2.11. The zero-order valence-electron chi connectivity index (χ0n) is 6.23. The first-order valence-electron chi connectivity index (χ1n) is 2.83. The molecule has 0 saturated carbocycles. The minimum absolute atomic E-state index is 0.125. The van der Waals surface area contributed by atoms with Crippen molar-refractivity contribution in [2.45, 2.75) is 12.6 Å². The van der Waals surface area contributed by atoms with Crippen LogP contribution in [0.25, 0.3) is 0 Å². The number of phosphoric acid groups is 1. The Labute approximate surface area is 77.5 Å². The summed E-state index contributed by atoms with van der Waals surface area (Å²) in [5.41, 5.74) is 3.21. The Morgan fingerprint density at radius 1 is 1.75 bits per heavy atom. The van der Waals surface area contributed by atoms with Gasteiger partial charge in [-0.25, -0.2) is 4.57 Å². The SMILES string of the molecule is CC(N)(OP(=O)(O)O)C(=O)CBr. The van der Waals surface area contributed by atoms with Crippen LogP contribution in [0.15, 0.2) is 0 Å². The Balaban J connectivity index is 4.43. The molecule has 0 aliphatic carbocycles. The molecule has 0 aliphatic heterocycles. The molecule has 0 spiro atoms. The van der Waals surface area contributed by atoms with Gasteiger partial charge in [-0.3, -0.25) is 15.1 Å². The first kappa shape index (κ1) is 12.2. The lowest BCUT2D eigenvalue weighted by molar-refractivity contribution is -0.131. The molecule has 0 bridgehead atoms. The smallest absolute Gasteiger partial charge is 0.303 e. The van der Waals surface area contributed by atoms with Crippen LogP contribution >= 0.6 is 23.8 Å². The number of alkyl halides is 1. The highest BCUT2D eigenvalue weighted by molar-refractivity contribution is 9.09. The highest BCUT2D eigenvalue weighted by Gasteiger charge is 2.35. The Bertz CT molecular complexity index is 223. The van der Waals surface area contributed by atoms with E-state index in [2.05, 4.69) is 20.5 Å². The second-order valence-corrected chi connectivity index (χ2v) is 3.97. The van der Waals surface area contributed by atoms with Crippen molar-refractivity contribution in [2.24, 2.45) is 5.73 Å². The van der Waals surface area contributed by atoms with Crippen molar-refractivity contribution in [1.82, 2.24) is 0 Å². The Kier molecular flexibility index (Phi) is 4.02. The predicted molar refractivity (Wildman–Crippen MR) is 44.5 cm³/mol. The summed E-state index contributed by atoms with van der Waals surface area (Å²) >= 11 is 2.80. The standard InChI is InChI=1S/C4H9BrNO5P/c1-4(6,3(7)2-5)11-12(8,9)10/h2,6H2,1H3,(H2,8,9,10). The molecule has 0 aromatic rings. The summed E-state index contributed by atoms with van der Waals surface area (Å²) in [5.74, 6) is -0.647. The van der Waals surface area contributed by atoms with Crippen LogP contribution in [0.3, 0.4) is 0 Å². The zero-order valence-corrected chi connectivity index (χ0v) is 8.71. The third kappa shape index (κ3) is 4.30. The first-order chi connectivity index (χ1) is 5.19. The van der Waals surface area contributed by atoms with Crippen LogP contribution < -0.4 is 5.73 Å². The molecular weight excluding hydrogens is 253 g/mol. The Morgan fingerprint density at radius 2 is 2.17 bits per heavy atom. The van der Waals surface area contributed by atoms with E-state index in [1.807, 2.05) is 0 Å². The van der Waals surface area contributed by atoms with Crippen LogP contribution in [-0.2, 0) is 13.9 Å². The van der Waals surface area contributed by atoms with Crippen LogP contribution in [0.2, 0.25) is 0 Å². The maximum atomic E-state index is 10.9. The molecule has 0 radical (unpaired) electrons. The van der Waals surface area contributed by atoms with Gasteiger partial charge in [0.15, 0.2) is 11.5 Å². The number of rotatable bonds is 4. The number of nitrogens with two attached hydrogens (primary N) is 1. The molecule has 0 aliphatic rings. The van der Waals surface area contributed by atoms with E-state index in [4.69, 9.17) is 15.5 Å². The van der Waals surface area contributed by atoms with Crippen molar-refractivity contribution in [1.29, 1.82) is 0 Å². The molecule has 8 heteroatoms. The number of carbonyl (C=O) groups is 1. The average Bonchev–Trinajstić information content (AvgIpc) is 1.80. The monoisotopic (exact) mass is 261 g/mol. The first-order valence-corrected chi connectivity index (χ1v) is 5.48. The predicted octanol–water partition coefficient (Wildman–Crippen LogP) is -0.265. The van der Waals surface area contributed by atoms with E-state index < -0.39 is 19.3 Å². The fraction of sp³-hybridized carbons (Fsp3) is 0.750. The van der Waals surface area contributed by atoms with Crippen LogP contribution in [-0.4, -0.2) is 26.6 Å². The Morgan fingerprint density at radius 3 is 2.42 bits per heavy atom. The quantitative estimate of drug-likeness (QED) is 0.365. The molecule has 0 aromatic carbocycles. The number of hydrogen-bond donors (Lipinski definition) is 3. The van der Waals surface area contributed by atoms with Crippen molar-refractivity contribution in [2.75, 3.05) is 5.33 Å². The van der Waals surface area contributed by atoms with Crippen LogP contribution in [0.5, 0.6) is 0 Å². The second-order valence-electron chi connectivity index (χ2n) is 2.25. The number of phosphoric ester groups is 1. The van der Waals surface area contributed by atoms with Gasteiger partial charge in [0.25, 0.3) is 0 Å². The molecule has 0 rings (SSSR count). The summed E-state index contributed by atoms with van der Waals surface area (Å²) < 4.78 is 14.3. The highest BCUT2D eigenvalue weighted by Crippen LogP contribution is 2.39. The van der Waals surface area contributed by atoms with E-state index in [-0.39, 0.29) is 5.33 Å². The molecule has 0 fully saturated rings. The van der Waals surface area contributed by atoms with E-state index in [0.29, 0.717) is 0 Å². The minimum atomic E-state index is -4.72. The summed E-state index contributed by atoms with van der Waals surface area (Å²) in [6.07, 6.45) is 0. The van der Waals surface area contributed by atoms with Crippen LogP contribution in [0.4, 0.5) is 0 Å². The third-order valence-electron chi connectivity index (χ3n) is 0.984. The van der Waals surface area contributed by atoms with Gasteiger partial charge in [0.1, 0.15) is 0 Å². The highest BCUT2D eigenvalue weighted by atomic mass is 79.9. The fourth-order valence-electron chi connectivity index (χ4n) is 0.431. The van der Waals surface area contributed by atoms with Gasteiger partial charge in [-0.15, -0.1) is 0 Å². The van der Waals surface area contributed by atoms with Crippen molar-refractivity contribution < 1.29 is 23.7 Å².